The first-order valence-corrected chi connectivity index (χ1v) is 20.3. The summed E-state index contributed by atoms with van der Waals surface area (Å²) in [4.78, 5) is 23.0. The van der Waals surface area contributed by atoms with Crippen LogP contribution >= 0.6 is 23.2 Å². The average molecular weight is 1020 g/mol. The molecule has 1 aliphatic heterocycles. The van der Waals surface area contributed by atoms with Gasteiger partial charge in [-0.1, -0.05) is 103 Å². The topological polar surface area (TPSA) is 135 Å². The first kappa shape index (κ1) is 43.1. The van der Waals surface area contributed by atoms with Crippen molar-refractivity contribution in [3.8, 4) is 22.5 Å². The van der Waals surface area contributed by atoms with Crippen molar-refractivity contribution in [2.24, 2.45) is 0 Å². The minimum atomic E-state index is -0.215. The number of pyridine rings is 1. The molecule has 3 aromatic heterocycles. The van der Waals surface area contributed by atoms with E-state index in [-0.39, 0.29) is 40.0 Å². The van der Waals surface area contributed by atoms with E-state index < -0.39 is 0 Å². The summed E-state index contributed by atoms with van der Waals surface area (Å²) in [6.45, 7) is 6.25. The number of tetrazole rings is 1. The number of aliphatic hydroxyl groups excluding tert-OH is 1. The third-order valence-corrected chi connectivity index (χ3v) is 11.1. The molecule has 11 nitrogen and oxygen atoms in total. The van der Waals surface area contributed by atoms with Gasteiger partial charge in [0.15, 0.2) is 11.0 Å². The van der Waals surface area contributed by atoms with Crippen molar-refractivity contribution in [2.45, 2.75) is 71.9 Å². The van der Waals surface area contributed by atoms with Crippen molar-refractivity contribution in [3.05, 3.63) is 140 Å². The van der Waals surface area contributed by atoms with Crippen LogP contribution in [0.15, 0.2) is 90.6 Å². The third-order valence-electron chi connectivity index (χ3n) is 10.5. The van der Waals surface area contributed by atoms with Gasteiger partial charge in [0.1, 0.15) is 5.82 Å². The number of hydrogen-bond acceptors (Lipinski definition) is 8. The van der Waals surface area contributed by atoms with Crippen molar-refractivity contribution < 1.29 is 14.6 Å². The molecular formula is C44H48Cl2N8O3Pb. The Kier molecular flexibility index (Phi) is 15.3. The number of benzene rings is 3. The number of piperidine rings is 1. The number of H-pyrrole nitrogens is 1. The number of aromatic nitrogens is 7. The molecule has 0 unspecified atom stereocenters. The van der Waals surface area contributed by atoms with Gasteiger partial charge in [0.05, 0.1) is 24.6 Å². The normalized spacial score (nSPS) is 13.4. The number of hydrogen-bond donors (Lipinski definition) is 2. The van der Waals surface area contributed by atoms with Gasteiger partial charge in [0.25, 0.3) is 0 Å². The van der Waals surface area contributed by atoms with Gasteiger partial charge in [0, 0.05) is 48.4 Å². The number of imidazole rings is 1. The van der Waals surface area contributed by atoms with E-state index in [2.05, 4.69) is 81.1 Å². The molecule has 58 heavy (non-hydrogen) atoms. The van der Waals surface area contributed by atoms with Crippen LogP contribution < -0.4 is 0 Å². The zero-order chi connectivity index (χ0) is 39.7. The maximum atomic E-state index is 12.0. The number of ether oxygens (including phenoxy) is 1. The number of amides is 1. The average Bonchev–Trinajstić information content (AvgIpc) is 3.85. The van der Waals surface area contributed by atoms with E-state index in [4.69, 9.17) is 32.9 Å². The van der Waals surface area contributed by atoms with Crippen LogP contribution in [0.4, 0.5) is 4.79 Å². The van der Waals surface area contributed by atoms with Gasteiger partial charge in [-0.25, -0.2) is 14.9 Å². The van der Waals surface area contributed by atoms with Crippen molar-refractivity contribution in [2.75, 3.05) is 19.7 Å². The fourth-order valence-electron chi connectivity index (χ4n) is 7.61. The molecule has 8 rings (SSSR count). The summed E-state index contributed by atoms with van der Waals surface area (Å²) in [6.07, 6.45) is 8.20. The van der Waals surface area contributed by atoms with Crippen LogP contribution in [-0.2, 0) is 37.2 Å². The summed E-state index contributed by atoms with van der Waals surface area (Å²) in [7, 11) is 0. The molecule has 14 heteroatoms. The summed E-state index contributed by atoms with van der Waals surface area (Å²) >= 11 is 12.5. The van der Waals surface area contributed by atoms with E-state index in [0.29, 0.717) is 42.9 Å². The molecule has 3 aromatic carbocycles. The van der Waals surface area contributed by atoms with Crippen LogP contribution in [0.2, 0.25) is 10.2 Å². The van der Waals surface area contributed by atoms with Gasteiger partial charge in [-0.15, -0.1) is 5.10 Å². The van der Waals surface area contributed by atoms with Crippen LogP contribution in [0.3, 0.4) is 0 Å². The van der Waals surface area contributed by atoms with Crippen molar-refractivity contribution in [1.29, 1.82) is 0 Å². The Labute approximate surface area is 369 Å². The van der Waals surface area contributed by atoms with Crippen molar-refractivity contribution >= 4 is 62.2 Å². The minimum absolute atomic E-state index is 0. The Morgan fingerprint density at radius 2 is 1.66 bits per heavy atom. The number of aromatic amines is 1. The van der Waals surface area contributed by atoms with Gasteiger partial charge < -0.3 is 19.3 Å². The van der Waals surface area contributed by atoms with Crippen LogP contribution in [0.1, 0.15) is 79.0 Å². The van der Waals surface area contributed by atoms with Crippen LogP contribution in [0.5, 0.6) is 0 Å². The number of aryl methyl sites for hydroxylation is 3. The molecule has 300 valence electrons. The zero-order valence-corrected chi connectivity index (χ0v) is 39.9. The number of fused-ring (bicyclic) bond motifs is 2. The number of likely N-dealkylation sites (tertiary alicyclic amines) is 1. The quantitative estimate of drug-likeness (QED) is 0.139. The molecule has 2 aliphatic rings. The molecule has 0 bridgehead atoms. The van der Waals surface area contributed by atoms with E-state index >= 15 is 0 Å². The monoisotopic (exact) mass is 1010 g/mol. The Hall–Kier alpha value is -4.44. The molecule has 4 heterocycles. The molecule has 1 aliphatic carbocycles. The summed E-state index contributed by atoms with van der Waals surface area (Å²) in [5, 5.41) is 25.1. The molecule has 0 atom stereocenters. The molecule has 2 N–H and O–H groups in total. The number of carbonyl (C=O) groups is 1. The van der Waals surface area contributed by atoms with E-state index in [1.54, 1.807) is 4.90 Å². The first-order chi connectivity index (χ1) is 27.9. The van der Waals surface area contributed by atoms with Crippen molar-refractivity contribution in [1.82, 2.24) is 40.1 Å². The Morgan fingerprint density at radius 1 is 0.897 bits per heavy atom. The van der Waals surface area contributed by atoms with Gasteiger partial charge >= 0.3 is 33.4 Å². The summed E-state index contributed by atoms with van der Waals surface area (Å²) in [5.74, 6) is 1.55. The standard InChI is InChI=1S/C22H23ClN6O.C22H23ClN2O2.Pb.2H/c1-2-3-8-20-24-21(23)19(14-30)29(20)13-15-9-11-16(12-10-15)17-6-4-5-7-18(17)22-25-27-28-26-22;1-2-27-22(26)25-12-9-15(10-13-25)20-19-8-7-18(23)14-17(19)6-5-16-4-3-11-24-21(16)20;;;/h4-7,9-12,30H,2-3,8,13-14H2,1H3,(H,25,26,27,28);3-4,7-8,11,14H,2,5-6,9-10,12-13H2,1H3;;;. The van der Waals surface area contributed by atoms with E-state index in [1.807, 2.05) is 48.0 Å². The second kappa shape index (κ2) is 20.5. The first-order valence-electron chi connectivity index (χ1n) is 19.5. The fraction of sp³-hybridized carbons (Fsp3) is 0.318. The molecule has 6 aromatic rings. The number of halogens is 2. The van der Waals surface area contributed by atoms with Crippen LogP contribution in [0.25, 0.3) is 28.1 Å². The van der Waals surface area contributed by atoms with E-state index in [0.717, 1.165) is 83.7 Å². The summed E-state index contributed by atoms with van der Waals surface area (Å²) < 4.78 is 7.18. The predicted molar refractivity (Wildman–Crippen MR) is 231 cm³/mol. The van der Waals surface area contributed by atoms with Crippen LogP contribution in [0, 0.1) is 0 Å². The second-order valence-electron chi connectivity index (χ2n) is 14.1. The second-order valence-corrected chi connectivity index (χ2v) is 14.9. The summed E-state index contributed by atoms with van der Waals surface area (Å²) in [6, 6.07) is 26.7. The Balaban J connectivity index is 0.000000193. The Bertz CT molecular complexity index is 2340. The molecular weight excluding hydrogens is 967 g/mol. The number of rotatable bonds is 9. The number of aliphatic hydroxyl groups is 1. The SMILES string of the molecule is CCCCc1nc(Cl)c(CO)n1Cc1ccc(-c2ccccc2-c2nnn[nH]2)cc1.CCOC(=O)N1CCC(=C2c3ccc(Cl)cc3CCc3cccnc32)CC1.[PbH2]. The molecule has 2 radical (unpaired) electrons. The van der Waals surface area contributed by atoms with Gasteiger partial charge in [-0.2, -0.15) is 0 Å². The van der Waals surface area contributed by atoms with E-state index in [1.165, 1.54) is 27.8 Å². The zero-order valence-electron chi connectivity index (χ0n) is 32.9. The summed E-state index contributed by atoms with van der Waals surface area (Å²) in [5.41, 5.74) is 12.3. The number of nitrogens with zero attached hydrogens (tertiary/aromatic N) is 7. The van der Waals surface area contributed by atoms with E-state index in [9.17, 15) is 9.90 Å². The van der Waals surface area contributed by atoms with Gasteiger partial charge in [0.2, 0.25) is 0 Å². The fourth-order valence-corrected chi connectivity index (χ4v) is 8.07. The molecule has 0 spiro atoms. The molecule has 1 fully saturated rings. The number of carbonyl (C=O) groups excluding carboxylic acids is 1. The molecule has 0 saturated carbocycles. The molecule has 1 amide bonds. The maximum absolute atomic E-state index is 12.0. The number of unbranched alkanes of at least 4 members (excludes halogenated alkanes) is 1. The van der Waals surface area contributed by atoms with Crippen LogP contribution in [-0.4, -0.2) is 98.3 Å². The molecule has 1 saturated heterocycles. The van der Waals surface area contributed by atoms with Gasteiger partial charge in [-0.3, -0.25) is 4.98 Å². The third kappa shape index (κ3) is 9.87. The predicted octanol–water partition coefficient (Wildman–Crippen LogP) is 8.24. The Morgan fingerprint density at radius 3 is 2.36 bits per heavy atom. The van der Waals surface area contributed by atoms with Crippen molar-refractivity contribution in [3.63, 3.8) is 0 Å². The number of nitrogens with one attached hydrogen (secondary N) is 1. The van der Waals surface area contributed by atoms with Gasteiger partial charge in [-0.05, 0) is 101 Å².